The maximum absolute atomic E-state index is 12.4. The maximum atomic E-state index is 12.4. The van der Waals surface area contributed by atoms with E-state index >= 15 is 0 Å². The average molecular weight is 307 g/mol. The van der Waals surface area contributed by atoms with E-state index in [0.29, 0.717) is 13.2 Å². The molecule has 0 bridgehead atoms. The van der Waals surface area contributed by atoms with Crippen molar-refractivity contribution in [3.63, 3.8) is 0 Å². The highest BCUT2D eigenvalue weighted by molar-refractivity contribution is 5.85. The van der Waals surface area contributed by atoms with Gasteiger partial charge in [0.15, 0.2) is 0 Å². The summed E-state index contributed by atoms with van der Waals surface area (Å²) in [5.74, 6) is 0.180. The van der Waals surface area contributed by atoms with Crippen LogP contribution in [0.3, 0.4) is 0 Å². The molecular formula is C15H31ClN2O2. The predicted octanol–water partition coefficient (Wildman–Crippen LogP) is 2.61. The molecule has 0 aromatic rings. The van der Waals surface area contributed by atoms with Crippen LogP contribution in [0.1, 0.15) is 52.4 Å². The van der Waals surface area contributed by atoms with Gasteiger partial charge in [0.2, 0.25) is 0 Å². The van der Waals surface area contributed by atoms with Crippen LogP contribution in [0.4, 0.5) is 0 Å². The Labute approximate surface area is 130 Å². The molecule has 1 aliphatic rings. The van der Waals surface area contributed by atoms with Crippen molar-refractivity contribution in [2.45, 2.75) is 58.5 Å². The third-order valence-electron chi connectivity index (χ3n) is 3.58. The molecule has 0 aromatic heterocycles. The normalized spacial score (nSPS) is 18.4. The van der Waals surface area contributed by atoms with Gasteiger partial charge in [-0.1, -0.05) is 39.5 Å². The van der Waals surface area contributed by atoms with Gasteiger partial charge in [-0.05, 0) is 12.8 Å². The molecule has 20 heavy (non-hydrogen) atoms. The zero-order valence-electron chi connectivity index (χ0n) is 13.0. The van der Waals surface area contributed by atoms with Gasteiger partial charge in [0.1, 0.15) is 6.10 Å². The van der Waals surface area contributed by atoms with Gasteiger partial charge in [-0.15, -0.1) is 12.4 Å². The van der Waals surface area contributed by atoms with Crippen LogP contribution in [0.15, 0.2) is 0 Å². The van der Waals surface area contributed by atoms with Crippen molar-refractivity contribution in [3.8, 4) is 0 Å². The number of nitrogens with zero attached hydrogens (tertiary/aromatic N) is 1. The van der Waals surface area contributed by atoms with Gasteiger partial charge in [-0.3, -0.25) is 4.79 Å². The molecule has 0 aromatic carbocycles. The molecule has 0 spiro atoms. The fraction of sp³-hybridized carbons (Fsp3) is 0.933. The average Bonchev–Trinajstić information content (AvgIpc) is 2.46. The second-order valence-corrected chi connectivity index (χ2v) is 5.30. The number of carbonyl (C=O) groups is 1. The first-order valence-corrected chi connectivity index (χ1v) is 7.90. The van der Waals surface area contributed by atoms with Crippen molar-refractivity contribution in [1.29, 1.82) is 0 Å². The number of carbonyl (C=O) groups excluding carboxylic acids is 1. The minimum absolute atomic E-state index is 0. The predicted molar refractivity (Wildman–Crippen MR) is 85.5 cm³/mol. The number of hydrogen-bond acceptors (Lipinski definition) is 3. The van der Waals surface area contributed by atoms with Crippen molar-refractivity contribution < 1.29 is 9.53 Å². The highest BCUT2D eigenvalue weighted by Gasteiger charge is 2.26. The first-order valence-electron chi connectivity index (χ1n) is 7.90. The van der Waals surface area contributed by atoms with E-state index in [1.807, 2.05) is 4.90 Å². The summed E-state index contributed by atoms with van der Waals surface area (Å²) < 4.78 is 5.58. The summed E-state index contributed by atoms with van der Waals surface area (Å²) in [5, 5.41) is 3.23. The van der Waals surface area contributed by atoms with Crippen LogP contribution in [-0.4, -0.2) is 49.7 Å². The van der Waals surface area contributed by atoms with Crippen LogP contribution in [0.2, 0.25) is 0 Å². The Morgan fingerprint density at radius 3 is 2.20 bits per heavy atom. The van der Waals surface area contributed by atoms with Crippen molar-refractivity contribution >= 4 is 18.3 Å². The van der Waals surface area contributed by atoms with Gasteiger partial charge in [-0.25, -0.2) is 0 Å². The standard InChI is InChI=1S/C15H30N2O2.ClH/c1-3-5-7-10-17(11-8-6-4-2)15(18)14-13-16-9-12-19-14;/h14,16H,3-13H2,1-2H3;1H. The van der Waals surface area contributed by atoms with E-state index in [4.69, 9.17) is 4.74 Å². The van der Waals surface area contributed by atoms with Crippen LogP contribution in [0.5, 0.6) is 0 Å². The van der Waals surface area contributed by atoms with Gasteiger partial charge < -0.3 is 15.0 Å². The second kappa shape index (κ2) is 12.4. The number of halogens is 1. The lowest BCUT2D eigenvalue weighted by atomic mass is 10.2. The fourth-order valence-electron chi connectivity index (χ4n) is 2.37. The summed E-state index contributed by atoms with van der Waals surface area (Å²) >= 11 is 0. The van der Waals surface area contributed by atoms with Crippen LogP contribution in [0.25, 0.3) is 0 Å². The molecule has 1 saturated heterocycles. The molecule has 1 unspecified atom stereocenters. The van der Waals surface area contributed by atoms with Crippen molar-refractivity contribution in [2.24, 2.45) is 0 Å². The minimum atomic E-state index is -0.267. The monoisotopic (exact) mass is 306 g/mol. The van der Waals surface area contributed by atoms with Gasteiger partial charge in [0.25, 0.3) is 5.91 Å². The number of unbranched alkanes of at least 4 members (excludes halogenated alkanes) is 4. The number of morpholine rings is 1. The molecular weight excluding hydrogens is 276 g/mol. The summed E-state index contributed by atoms with van der Waals surface area (Å²) in [4.78, 5) is 14.5. The first-order chi connectivity index (χ1) is 9.29. The molecule has 1 rings (SSSR count). The van der Waals surface area contributed by atoms with Gasteiger partial charge >= 0.3 is 0 Å². The van der Waals surface area contributed by atoms with Crippen molar-refractivity contribution in [1.82, 2.24) is 10.2 Å². The molecule has 1 fully saturated rings. The lowest BCUT2D eigenvalue weighted by Crippen LogP contribution is -2.49. The molecule has 1 heterocycles. The molecule has 1 atom stereocenters. The van der Waals surface area contributed by atoms with Crippen LogP contribution in [0, 0.1) is 0 Å². The Bertz CT molecular complexity index is 236. The SMILES string of the molecule is CCCCCN(CCCCC)C(=O)C1CNCCO1.Cl. The summed E-state index contributed by atoms with van der Waals surface area (Å²) in [6, 6.07) is 0. The summed E-state index contributed by atoms with van der Waals surface area (Å²) in [6.07, 6.45) is 6.72. The summed E-state index contributed by atoms with van der Waals surface area (Å²) in [6.45, 7) is 8.32. The van der Waals surface area contributed by atoms with E-state index in [9.17, 15) is 4.79 Å². The largest absolute Gasteiger partial charge is 0.366 e. The third-order valence-corrected chi connectivity index (χ3v) is 3.58. The molecule has 0 aliphatic carbocycles. The number of rotatable bonds is 9. The molecule has 120 valence electrons. The lowest BCUT2D eigenvalue weighted by molar-refractivity contribution is -0.145. The topological polar surface area (TPSA) is 41.6 Å². The van der Waals surface area contributed by atoms with E-state index in [0.717, 1.165) is 32.5 Å². The highest BCUT2D eigenvalue weighted by atomic mass is 35.5. The van der Waals surface area contributed by atoms with Crippen LogP contribution >= 0.6 is 12.4 Å². The molecule has 1 N–H and O–H groups in total. The summed E-state index contributed by atoms with van der Waals surface area (Å²) in [7, 11) is 0. The molecule has 1 aliphatic heterocycles. The highest BCUT2D eigenvalue weighted by Crippen LogP contribution is 2.08. The number of ether oxygens (including phenoxy) is 1. The molecule has 0 saturated carbocycles. The number of amides is 1. The Balaban J connectivity index is 0.00000361. The Kier molecular flexibility index (Phi) is 12.2. The van der Waals surface area contributed by atoms with Gasteiger partial charge in [-0.2, -0.15) is 0 Å². The molecule has 4 nitrogen and oxygen atoms in total. The zero-order valence-corrected chi connectivity index (χ0v) is 13.8. The Hall–Kier alpha value is -0.320. The second-order valence-electron chi connectivity index (χ2n) is 5.30. The van der Waals surface area contributed by atoms with E-state index in [-0.39, 0.29) is 24.4 Å². The van der Waals surface area contributed by atoms with E-state index in [1.54, 1.807) is 0 Å². The van der Waals surface area contributed by atoms with Gasteiger partial charge in [0, 0.05) is 26.2 Å². The van der Waals surface area contributed by atoms with Gasteiger partial charge in [0.05, 0.1) is 6.61 Å². The van der Waals surface area contributed by atoms with Crippen LogP contribution in [-0.2, 0) is 9.53 Å². The Morgan fingerprint density at radius 2 is 1.75 bits per heavy atom. The van der Waals surface area contributed by atoms with Crippen molar-refractivity contribution in [2.75, 3.05) is 32.8 Å². The number of nitrogens with one attached hydrogen (secondary N) is 1. The van der Waals surface area contributed by atoms with Crippen LogP contribution < -0.4 is 5.32 Å². The molecule has 0 radical (unpaired) electrons. The van der Waals surface area contributed by atoms with Crippen molar-refractivity contribution in [3.05, 3.63) is 0 Å². The maximum Gasteiger partial charge on any atom is 0.253 e. The van der Waals surface area contributed by atoms with E-state index in [2.05, 4.69) is 19.2 Å². The zero-order chi connectivity index (χ0) is 13.9. The quantitative estimate of drug-likeness (QED) is 0.666. The lowest BCUT2D eigenvalue weighted by Gasteiger charge is -2.30. The summed E-state index contributed by atoms with van der Waals surface area (Å²) in [5.41, 5.74) is 0. The van der Waals surface area contributed by atoms with E-state index < -0.39 is 0 Å². The third kappa shape index (κ3) is 7.46. The molecule has 5 heteroatoms. The van der Waals surface area contributed by atoms with E-state index in [1.165, 1.54) is 25.7 Å². The number of hydrogen-bond donors (Lipinski definition) is 1. The smallest absolute Gasteiger partial charge is 0.253 e. The minimum Gasteiger partial charge on any atom is -0.366 e. The Morgan fingerprint density at radius 1 is 1.15 bits per heavy atom. The fourth-order valence-corrected chi connectivity index (χ4v) is 2.37. The molecule has 1 amide bonds. The first kappa shape index (κ1) is 19.7.